The lowest BCUT2D eigenvalue weighted by molar-refractivity contribution is 0.222. The lowest BCUT2D eigenvalue weighted by atomic mass is 9.87. The number of benzene rings is 4. The molecule has 4 aliphatic heterocycles. The van der Waals surface area contributed by atoms with Crippen molar-refractivity contribution in [3.05, 3.63) is 88.0 Å². The zero-order valence-corrected chi connectivity index (χ0v) is 27.9. The fraction of sp³-hybridized carbons (Fsp3) is 0.368. The first-order chi connectivity index (χ1) is 22.8. The number of rotatable bonds is 4. The minimum atomic E-state index is -0.00110. The molecule has 8 rings (SSSR count). The van der Waals surface area contributed by atoms with Crippen LogP contribution < -0.4 is 28.4 Å². The van der Waals surface area contributed by atoms with E-state index in [1.165, 1.54) is 0 Å². The average molecular weight is 639 g/mol. The van der Waals surface area contributed by atoms with Crippen LogP contribution in [0.3, 0.4) is 0 Å². The normalized spacial score (nSPS) is 19.0. The van der Waals surface area contributed by atoms with Crippen LogP contribution in [0.4, 0.5) is 0 Å². The van der Waals surface area contributed by atoms with Gasteiger partial charge in [0, 0.05) is 36.3 Å². The van der Waals surface area contributed by atoms with Crippen molar-refractivity contribution in [1.29, 1.82) is 0 Å². The predicted octanol–water partition coefficient (Wildman–Crippen LogP) is 6.87. The molecule has 4 aromatic carbocycles. The van der Waals surface area contributed by atoms with Gasteiger partial charge in [-0.2, -0.15) is 0 Å². The molecule has 246 valence electrons. The van der Waals surface area contributed by atoms with Crippen molar-refractivity contribution in [3.63, 3.8) is 0 Å². The molecule has 9 heteroatoms. The second kappa shape index (κ2) is 12.5. The van der Waals surface area contributed by atoms with Crippen LogP contribution in [0.5, 0.6) is 51.7 Å². The largest absolute Gasteiger partial charge is 0.504 e. The third-order valence-corrected chi connectivity index (χ3v) is 9.97. The van der Waals surface area contributed by atoms with E-state index < -0.39 is 0 Å². The molecule has 0 fully saturated rings. The van der Waals surface area contributed by atoms with E-state index in [-0.39, 0.29) is 17.8 Å². The minimum absolute atomic E-state index is 0.00110. The number of aromatic hydroxyl groups is 1. The van der Waals surface area contributed by atoms with Gasteiger partial charge in [0.05, 0.1) is 28.4 Å². The van der Waals surface area contributed by atoms with Crippen LogP contribution in [0, 0.1) is 0 Å². The Labute approximate surface area is 276 Å². The summed E-state index contributed by atoms with van der Waals surface area (Å²) in [5.74, 6) is 4.75. The highest BCUT2D eigenvalue weighted by atomic mass is 16.6. The van der Waals surface area contributed by atoms with E-state index >= 15 is 0 Å². The number of phenols is 1. The quantitative estimate of drug-likeness (QED) is 0.258. The molecule has 47 heavy (non-hydrogen) atoms. The smallest absolute Gasteiger partial charge is 0.204 e. The molecule has 0 aliphatic carbocycles. The van der Waals surface area contributed by atoms with Gasteiger partial charge in [-0.3, -0.25) is 9.80 Å². The van der Waals surface area contributed by atoms with E-state index in [1.807, 2.05) is 24.3 Å². The molecule has 4 aliphatic rings. The van der Waals surface area contributed by atoms with Gasteiger partial charge in [0.25, 0.3) is 0 Å². The van der Waals surface area contributed by atoms with E-state index in [0.29, 0.717) is 52.4 Å². The summed E-state index contributed by atoms with van der Waals surface area (Å²) in [6.07, 6.45) is 3.02. The maximum Gasteiger partial charge on any atom is 0.204 e. The van der Waals surface area contributed by atoms with Gasteiger partial charge in [-0.05, 0) is 98.4 Å². The van der Waals surface area contributed by atoms with Gasteiger partial charge in [0.1, 0.15) is 5.75 Å². The first kappa shape index (κ1) is 31.0. The van der Waals surface area contributed by atoms with Crippen LogP contribution in [0.1, 0.15) is 45.5 Å². The van der Waals surface area contributed by atoms with Crippen LogP contribution in [-0.4, -0.2) is 70.5 Å². The van der Waals surface area contributed by atoms with Crippen molar-refractivity contribution in [3.8, 4) is 51.7 Å². The summed E-state index contributed by atoms with van der Waals surface area (Å²) in [5.41, 5.74) is 6.61. The molecule has 4 heterocycles. The number of nitrogens with zero attached hydrogens (tertiary/aromatic N) is 2. The molecule has 2 atom stereocenters. The zero-order valence-electron chi connectivity index (χ0n) is 27.9. The molecular weight excluding hydrogens is 596 g/mol. The van der Waals surface area contributed by atoms with Crippen molar-refractivity contribution in [2.75, 3.05) is 55.6 Å². The highest BCUT2D eigenvalue weighted by molar-refractivity contribution is 5.66. The molecule has 9 nitrogen and oxygen atoms in total. The number of phenolic OH excluding ortho intramolecular Hbond substituents is 1. The standard InChI is InChI=1S/C38H42N2O7/c1-39-16-14-26-27-20-33(42-3)37(44-5)36(26)47-34-21-28-25(35(43-4)38(34)45-6)13-15-40(2)30(28)18-23-9-12-31(41)32(19-23)46-24-10-7-22(8-11-24)17-29(27)39/h7-12,19-21,29-30,41H,13-18H2,1-6H3/t29?,30-/m0/s1. The topological polar surface area (TPSA) is 82.1 Å². The Kier molecular flexibility index (Phi) is 8.28. The van der Waals surface area contributed by atoms with E-state index in [2.05, 4.69) is 48.2 Å². The van der Waals surface area contributed by atoms with E-state index in [0.717, 1.165) is 65.7 Å². The summed E-state index contributed by atoms with van der Waals surface area (Å²) >= 11 is 0. The van der Waals surface area contributed by atoms with Crippen LogP contribution in [-0.2, 0) is 25.7 Å². The van der Waals surface area contributed by atoms with E-state index in [1.54, 1.807) is 34.5 Å². The van der Waals surface area contributed by atoms with Gasteiger partial charge in [-0.15, -0.1) is 0 Å². The summed E-state index contributed by atoms with van der Waals surface area (Å²) in [4.78, 5) is 4.72. The monoisotopic (exact) mass is 638 g/mol. The van der Waals surface area contributed by atoms with Crippen LogP contribution in [0.15, 0.2) is 54.6 Å². The Balaban J connectivity index is 1.48. The molecule has 0 saturated heterocycles. The highest BCUT2D eigenvalue weighted by Crippen LogP contribution is 2.53. The average Bonchev–Trinajstić information content (AvgIpc) is 3.08. The Morgan fingerprint density at radius 2 is 1.26 bits per heavy atom. The van der Waals surface area contributed by atoms with Crippen LogP contribution in [0.25, 0.3) is 0 Å². The van der Waals surface area contributed by atoms with Crippen molar-refractivity contribution in [2.24, 2.45) is 0 Å². The molecule has 0 radical (unpaired) electrons. The molecule has 0 spiro atoms. The van der Waals surface area contributed by atoms with Crippen LogP contribution >= 0.6 is 0 Å². The Morgan fingerprint density at radius 1 is 0.638 bits per heavy atom. The van der Waals surface area contributed by atoms with Crippen molar-refractivity contribution < 1.29 is 33.5 Å². The number of fused-ring (bicyclic) bond motifs is 2. The van der Waals surface area contributed by atoms with E-state index in [4.69, 9.17) is 28.4 Å². The second-order valence-corrected chi connectivity index (χ2v) is 12.6. The van der Waals surface area contributed by atoms with Crippen molar-refractivity contribution in [1.82, 2.24) is 9.80 Å². The van der Waals surface area contributed by atoms with Crippen LogP contribution in [0.2, 0.25) is 0 Å². The van der Waals surface area contributed by atoms with Crippen molar-refractivity contribution >= 4 is 0 Å². The minimum Gasteiger partial charge on any atom is -0.504 e. The van der Waals surface area contributed by atoms with Gasteiger partial charge in [-0.1, -0.05) is 18.2 Å². The fourth-order valence-corrected chi connectivity index (χ4v) is 7.43. The number of likely N-dealkylation sites (N-methyl/N-ethyl adjacent to an activating group) is 2. The molecular formula is C38H42N2O7. The Hall–Kier alpha value is -4.60. The van der Waals surface area contributed by atoms with Crippen molar-refractivity contribution in [2.45, 2.75) is 37.8 Å². The molecule has 1 unspecified atom stereocenters. The molecule has 0 saturated carbocycles. The zero-order chi connectivity index (χ0) is 32.8. The lowest BCUT2D eigenvalue weighted by Crippen LogP contribution is -2.34. The first-order valence-corrected chi connectivity index (χ1v) is 16.1. The molecule has 0 amide bonds. The second-order valence-electron chi connectivity index (χ2n) is 12.6. The van der Waals surface area contributed by atoms with Gasteiger partial charge < -0.3 is 33.5 Å². The Morgan fingerprint density at radius 3 is 1.91 bits per heavy atom. The predicted molar refractivity (Wildman–Crippen MR) is 179 cm³/mol. The summed E-state index contributed by atoms with van der Waals surface area (Å²) < 4.78 is 37.2. The number of ether oxygens (including phenoxy) is 6. The fourth-order valence-electron chi connectivity index (χ4n) is 7.43. The molecule has 4 aromatic rings. The number of methoxy groups -OCH3 is 4. The summed E-state index contributed by atoms with van der Waals surface area (Å²) in [5, 5.41) is 10.8. The van der Waals surface area contributed by atoms with E-state index in [9.17, 15) is 5.11 Å². The summed E-state index contributed by atoms with van der Waals surface area (Å²) in [6, 6.07) is 17.9. The molecule has 0 aromatic heterocycles. The highest BCUT2D eigenvalue weighted by Gasteiger charge is 2.35. The maximum atomic E-state index is 10.8. The summed E-state index contributed by atoms with van der Waals surface area (Å²) in [7, 11) is 10.9. The van der Waals surface area contributed by atoms with Gasteiger partial charge in [-0.25, -0.2) is 0 Å². The molecule has 1 N–H and O–H groups in total. The maximum absolute atomic E-state index is 10.8. The summed E-state index contributed by atoms with van der Waals surface area (Å²) in [6.45, 7) is 1.69. The first-order valence-electron chi connectivity index (χ1n) is 16.1. The number of hydrogen-bond acceptors (Lipinski definition) is 9. The SMILES string of the molecule is COc1cc2c3c(c1OC)Oc1cc4c(c(OC)c1OC)CCN(C)[C@H]4Cc1ccc(O)c(c1)Oc1ccc(cc1)CC2N(C)CC3. The van der Waals surface area contributed by atoms with Gasteiger partial charge >= 0.3 is 0 Å². The third-order valence-electron chi connectivity index (χ3n) is 9.97. The third kappa shape index (κ3) is 5.47. The number of hydrogen-bond donors (Lipinski definition) is 1. The Bertz CT molecular complexity index is 1810. The lowest BCUT2D eigenvalue weighted by Gasteiger charge is -2.37. The van der Waals surface area contributed by atoms with Gasteiger partial charge in [0.2, 0.25) is 11.5 Å². The molecule has 10 bridgehead atoms. The van der Waals surface area contributed by atoms with Gasteiger partial charge in [0.15, 0.2) is 34.5 Å².